The molecule has 0 spiro atoms. The molecule has 0 amide bonds. The second-order valence-corrected chi connectivity index (χ2v) is 8.12. The molecular formula is C22H20F2N8O. The maximum Gasteiger partial charge on any atom is 0.237 e. The van der Waals surface area contributed by atoms with Crippen molar-refractivity contribution in [2.45, 2.75) is 25.8 Å². The van der Waals surface area contributed by atoms with Gasteiger partial charge in [0.05, 0.1) is 25.0 Å². The number of hydrogen-bond donors (Lipinski definition) is 0. The third kappa shape index (κ3) is 2.75. The standard InChI is InChI=1S/C22H20F2N8O/c1-3-22-12-33-9-8-31(22)19-17(32-13(2)28-29-20(22)32)11-26-21(27-19)30-7-6-25-18(30)15-5-4-14(23)10-16(15)24/h4-7,10-11H,3,8-9,12H2,1-2H3/t22-/m0/s1. The number of nitrogens with zero attached hydrogens (tertiary/aromatic N) is 8. The first-order valence-electron chi connectivity index (χ1n) is 10.7. The number of hydrogen-bond acceptors (Lipinski definition) is 7. The summed E-state index contributed by atoms with van der Waals surface area (Å²) in [5.74, 6) is 1.52. The maximum absolute atomic E-state index is 14.5. The predicted octanol–water partition coefficient (Wildman–Crippen LogP) is 2.95. The van der Waals surface area contributed by atoms with E-state index in [1.165, 1.54) is 18.3 Å². The molecule has 9 nitrogen and oxygen atoms in total. The quantitative estimate of drug-likeness (QED) is 0.474. The van der Waals surface area contributed by atoms with Crippen LogP contribution in [0.1, 0.15) is 25.0 Å². The fourth-order valence-corrected chi connectivity index (χ4v) is 4.75. The van der Waals surface area contributed by atoms with Crippen molar-refractivity contribution in [3.63, 3.8) is 0 Å². The Labute approximate surface area is 187 Å². The lowest BCUT2D eigenvalue weighted by Gasteiger charge is -2.49. The van der Waals surface area contributed by atoms with E-state index in [2.05, 4.69) is 32.0 Å². The van der Waals surface area contributed by atoms with Crippen LogP contribution in [0.2, 0.25) is 0 Å². The lowest BCUT2D eigenvalue weighted by Crippen LogP contribution is -2.58. The molecule has 5 heterocycles. The summed E-state index contributed by atoms with van der Waals surface area (Å²) in [5, 5.41) is 8.79. The van der Waals surface area contributed by atoms with E-state index in [9.17, 15) is 8.78 Å². The summed E-state index contributed by atoms with van der Waals surface area (Å²) < 4.78 is 37.4. The molecule has 0 saturated carbocycles. The van der Waals surface area contributed by atoms with Gasteiger partial charge in [-0.2, -0.15) is 4.98 Å². The predicted molar refractivity (Wildman–Crippen MR) is 114 cm³/mol. The summed E-state index contributed by atoms with van der Waals surface area (Å²) in [6.07, 6.45) is 5.66. The second kappa shape index (κ2) is 7.14. The Morgan fingerprint density at radius 2 is 2.06 bits per heavy atom. The summed E-state index contributed by atoms with van der Waals surface area (Å²) in [7, 11) is 0. The number of benzene rings is 1. The number of aromatic nitrogens is 7. The highest BCUT2D eigenvalue weighted by molar-refractivity contribution is 5.65. The van der Waals surface area contributed by atoms with Crippen LogP contribution in [0.5, 0.6) is 0 Å². The van der Waals surface area contributed by atoms with E-state index in [1.807, 2.05) is 11.5 Å². The summed E-state index contributed by atoms with van der Waals surface area (Å²) in [5.41, 5.74) is 0.435. The Morgan fingerprint density at radius 1 is 1.18 bits per heavy atom. The van der Waals surface area contributed by atoms with Gasteiger partial charge in [-0.25, -0.2) is 18.7 Å². The van der Waals surface area contributed by atoms with Gasteiger partial charge in [0.15, 0.2) is 11.6 Å². The zero-order valence-corrected chi connectivity index (χ0v) is 18.0. The SMILES string of the molecule is CC[C@@]12COCCN1c1nc(-n3ccnc3-c3ccc(F)cc3F)ncc1-n1c(C)nnc12. The molecule has 6 rings (SSSR count). The van der Waals surface area contributed by atoms with Gasteiger partial charge in [0.25, 0.3) is 0 Å². The van der Waals surface area contributed by atoms with Gasteiger partial charge in [-0.15, -0.1) is 10.2 Å². The zero-order chi connectivity index (χ0) is 22.7. The third-order valence-corrected chi connectivity index (χ3v) is 6.40. The highest BCUT2D eigenvalue weighted by atomic mass is 19.1. The van der Waals surface area contributed by atoms with Crippen LogP contribution < -0.4 is 4.90 Å². The first-order valence-corrected chi connectivity index (χ1v) is 10.7. The number of aryl methyl sites for hydroxylation is 1. The van der Waals surface area contributed by atoms with Crippen LogP contribution >= 0.6 is 0 Å². The summed E-state index contributed by atoms with van der Waals surface area (Å²) in [4.78, 5) is 15.9. The first kappa shape index (κ1) is 19.9. The second-order valence-electron chi connectivity index (χ2n) is 8.12. The number of ether oxygens (including phenoxy) is 1. The van der Waals surface area contributed by atoms with Gasteiger partial charge in [-0.3, -0.25) is 9.13 Å². The van der Waals surface area contributed by atoms with Gasteiger partial charge in [-0.05, 0) is 25.5 Å². The van der Waals surface area contributed by atoms with Crippen molar-refractivity contribution in [1.29, 1.82) is 0 Å². The van der Waals surface area contributed by atoms with E-state index in [4.69, 9.17) is 9.72 Å². The lowest BCUT2D eigenvalue weighted by molar-refractivity contribution is 0.0390. The van der Waals surface area contributed by atoms with Crippen molar-refractivity contribution in [3.05, 3.63) is 60.1 Å². The van der Waals surface area contributed by atoms with Crippen molar-refractivity contribution in [3.8, 4) is 23.0 Å². The van der Waals surface area contributed by atoms with E-state index < -0.39 is 17.2 Å². The van der Waals surface area contributed by atoms with Crippen LogP contribution in [0.3, 0.4) is 0 Å². The molecule has 4 aromatic rings. The van der Waals surface area contributed by atoms with E-state index in [-0.39, 0.29) is 11.4 Å². The number of rotatable bonds is 3. The van der Waals surface area contributed by atoms with Gasteiger partial charge in [0.1, 0.15) is 34.5 Å². The van der Waals surface area contributed by atoms with Crippen LogP contribution in [0.25, 0.3) is 23.0 Å². The molecule has 1 fully saturated rings. The molecule has 0 radical (unpaired) electrons. The molecule has 2 aliphatic heterocycles. The summed E-state index contributed by atoms with van der Waals surface area (Å²) in [6, 6.07) is 3.39. The number of imidazole rings is 1. The minimum absolute atomic E-state index is 0.161. The molecule has 11 heteroatoms. The van der Waals surface area contributed by atoms with E-state index in [1.54, 1.807) is 17.0 Å². The maximum atomic E-state index is 14.5. The van der Waals surface area contributed by atoms with Crippen LogP contribution in [0, 0.1) is 18.6 Å². The van der Waals surface area contributed by atoms with Gasteiger partial charge < -0.3 is 9.64 Å². The van der Waals surface area contributed by atoms with Crippen LogP contribution in [-0.4, -0.2) is 54.0 Å². The lowest BCUT2D eigenvalue weighted by atomic mass is 9.90. The normalized spacial score (nSPS) is 19.2. The molecule has 1 aromatic carbocycles. The van der Waals surface area contributed by atoms with Crippen LogP contribution in [0.15, 0.2) is 36.8 Å². The minimum atomic E-state index is -0.705. The molecule has 2 aliphatic rings. The third-order valence-electron chi connectivity index (χ3n) is 6.40. The monoisotopic (exact) mass is 450 g/mol. The van der Waals surface area contributed by atoms with Crippen molar-refractivity contribution >= 4 is 5.82 Å². The summed E-state index contributed by atoms with van der Waals surface area (Å²) in [6.45, 7) is 5.64. The fraction of sp³-hybridized carbons (Fsp3) is 0.318. The van der Waals surface area contributed by atoms with E-state index in [0.29, 0.717) is 25.7 Å². The largest absolute Gasteiger partial charge is 0.377 e. The number of morpholine rings is 1. The first-order chi connectivity index (χ1) is 16.0. The van der Waals surface area contributed by atoms with Crippen molar-refractivity contribution in [2.24, 2.45) is 0 Å². The molecule has 1 atom stereocenters. The smallest absolute Gasteiger partial charge is 0.237 e. The number of anilines is 1. The zero-order valence-electron chi connectivity index (χ0n) is 18.0. The Balaban J connectivity index is 1.54. The van der Waals surface area contributed by atoms with Crippen LogP contribution in [-0.2, 0) is 10.3 Å². The summed E-state index contributed by atoms with van der Waals surface area (Å²) >= 11 is 0. The molecule has 168 valence electrons. The van der Waals surface area contributed by atoms with Crippen molar-refractivity contribution in [1.82, 2.24) is 34.3 Å². The number of fused-ring (bicyclic) bond motifs is 6. The minimum Gasteiger partial charge on any atom is -0.377 e. The molecule has 0 N–H and O–H groups in total. The average molecular weight is 450 g/mol. The van der Waals surface area contributed by atoms with Crippen molar-refractivity contribution < 1.29 is 13.5 Å². The Kier molecular flexibility index (Phi) is 4.31. The molecule has 3 aromatic heterocycles. The molecular weight excluding hydrogens is 430 g/mol. The highest BCUT2D eigenvalue weighted by Crippen LogP contribution is 2.44. The Morgan fingerprint density at radius 3 is 2.88 bits per heavy atom. The van der Waals surface area contributed by atoms with Gasteiger partial charge in [0, 0.05) is 25.0 Å². The van der Waals surface area contributed by atoms with Crippen LogP contribution in [0.4, 0.5) is 14.6 Å². The van der Waals surface area contributed by atoms with Gasteiger partial charge in [-0.1, -0.05) is 6.92 Å². The molecule has 33 heavy (non-hydrogen) atoms. The fourth-order valence-electron chi connectivity index (χ4n) is 4.75. The van der Waals surface area contributed by atoms with Crippen molar-refractivity contribution in [2.75, 3.05) is 24.7 Å². The number of halogens is 2. The Hall–Kier alpha value is -3.73. The molecule has 0 unspecified atom stereocenters. The molecule has 0 aliphatic carbocycles. The van der Waals surface area contributed by atoms with E-state index >= 15 is 0 Å². The molecule has 1 saturated heterocycles. The van der Waals surface area contributed by atoms with E-state index in [0.717, 1.165) is 35.6 Å². The topological polar surface area (TPSA) is 86.8 Å². The van der Waals surface area contributed by atoms with Gasteiger partial charge >= 0.3 is 0 Å². The Bertz CT molecular complexity index is 1380. The average Bonchev–Trinajstić information content (AvgIpc) is 3.46. The highest BCUT2D eigenvalue weighted by Gasteiger charge is 2.49. The molecule has 0 bridgehead atoms. The van der Waals surface area contributed by atoms with Gasteiger partial charge in [0.2, 0.25) is 5.95 Å².